The van der Waals surface area contributed by atoms with Gasteiger partial charge in [0.1, 0.15) is 11.2 Å². The van der Waals surface area contributed by atoms with Gasteiger partial charge in [-0.05, 0) is 46.0 Å². The lowest BCUT2D eigenvalue weighted by atomic mass is 10.1. The summed E-state index contributed by atoms with van der Waals surface area (Å²) in [6.45, 7) is 2.68. The molecule has 40 heavy (non-hydrogen) atoms. The first-order valence-corrected chi connectivity index (χ1v) is 14.5. The van der Waals surface area contributed by atoms with Crippen LogP contribution in [0.3, 0.4) is 0 Å². The van der Waals surface area contributed by atoms with Crippen LogP contribution in [0.5, 0.6) is 0 Å². The zero-order chi connectivity index (χ0) is 27.1. The number of para-hydroxylation sites is 1. The van der Waals surface area contributed by atoms with Crippen LogP contribution in [-0.2, 0) is 19.5 Å². The highest BCUT2D eigenvalue weighted by Gasteiger charge is 2.23. The Morgan fingerprint density at radius 1 is 1.00 bits per heavy atom. The number of imidazole rings is 1. The first kappa shape index (κ1) is 24.6. The van der Waals surface area contributed by atoms with E-state index < -0.39 is 5.91 Å². The molecule has 0 saturated carbocycles. The van der Waals surface area contributed by atoms with Crippen LogP contribution in [0.4, 0.5) is 11.1 Å². The molecule has 4 aromatic heterocycles. The molecular formula is C29H23N7O2S2. The van der Waals surface area contributed by atoms with Crippen molar-refractivity contribution in [3.63, 3.8) is 0 Å². The monoisotopic (exact) mass is 565 g/mol. The molecule has 0 aliphatic carbocycles. The summed E-state index contributed by atoms with van der Waals surface area (Å²) in [5.41, 5.74) is 4.14. The summed E-state index contributed by atoms with van der Waals surface area (Å²) in [6.07, 6.45) is 2.53. The van der Waals surface area contributed by atoms with Gasteiger partial charge in [0.25, 0.3) is 11.8 Å². The number of carbonyl (C=O) groups is 2. The summed E-state index contributed by atoms with van der Waals surface area (Å²) in [5.74, 6) is -0.449. The van der Waals surface area contributed by atoms with E-state index in [9.17, 15) is 9.59 Å². The Morgan fingerprint density at radius 2 is 1.90 bits per heavy atom. The maximum Gasteiger partial charge on any atom is 0.276 e. The normalized spacial score (nSPS) is 13.4. The van der Waals surface area contributed by atoms with E-state index in [0.717, 1.165) is 42.5 Å². The molecule has 0 spiro atoms. The number of pyridine rings is 1. The van der Waals surface area contributed by atoms with Gasteiger partial charge in [-0.2, -0.15) is 11.3 Å². The van der Waals surface area contributed by atoms with E-state index in [1.165, 1.54) is 21.8 Å². The largest absolute Gasteiger partial charge is 0.324 e. The molecule has 1 aliphatic rings. The van der Waals surface area contributed by atoms with Gasteiger partial charge in [0.05, 0.1) is 16.8 Å². The number of thiazole rings is 1. The van der Waals surface area contributed by atoms with Crippen molar-refractivity contribution in [2.45, 2.75) is 19.5 Å². The van der Waals surface area contributed by atoms with Crippen LogP contribution in [0.15, 0.2) is 71.6 Å². The van der Waals surface area contributed by atoms with Crippen molar-refractivity contribution in [3.05, 3.63) is 98.9 Å². The fraction of sp³-hybridized carbons (Fsp3) is 0.138. The van der Waals surface area contributed by atoms with Crippen molar-refractivity contribution < 1.29 is 9.59 Å². The van der Waals surface area contributed by atoms with E-state index in [-0.39, 0.29) is 17.5 Å². The Kier molecular flexibility index (Phi) is 6.31. The number of amides is 2. The number of aromatic nitrogens is 4. The molecule has 0 fully saturated rings. The van der Waals surface area contributed by atoms with Crippen LogP contribution in [0, 0.1) is 0 Å². The molecule has 0 unspecified atom stereocenters. The zero-order valence-electron chi connectivity index (χ0n) is 21.2. The standard InChI is InChI=1S/C29H23N7O2S2/c37-26(35-29-32-21-8-10-36(15-24(21)40-29)14-17-9-11-39-16-17)20-6-3-7-22-25(20)33-28(31-22)34-27(38)23-12-18-4-1-2-5-19(18)13-30-23/h1-7,9,11-13,16H,8,10,14-15H2,(H,32,35,37)(H2,31,33,34,38). The van der Waals surface area contributed by atoms with E-state index in [1.807, 2.05) is 30.3 Å². The number of nitrogens with zero attached hydrogens (tertiary/aromatic N) is 4. The number of hydrogen-bond acceptors (Lipinski definition) is 8. The van der Waals surface area contributed by atoms with Crippen molar-refractivity contribution in [2.75, 3.05) is 17.2 Å². The molecule has 0 radical (unpaired) electrons. The molecule has 0 atom stereocenters. The van der Waals surface area contributed by atoms with E-state index >= 15 is 0 Å². The minimum Gasteiger partial charge on any atom is -0.324 e. The van der Waals surface area contributed by atoms with Gasteiger partial charge in [0.2, 0.25) is 5.95 Å². The van der Waals surface area contributed by atoms with Gasteiger partial charge in [0, 0.05) is 42.5 Å². The molecule has 11 heteroatoms. The van der Waals surface area contributed by atoms with Gasteiger partial charge in [-0.1, -0.05) is 30.3 Å². The number of carbonyl (C=O) groups excluding carboxylic acids is 2. The number of aromatic amines is 1. The van der Waals surface area contributed by atoms with Crippen molar-refractivity contribution in [2.24, 2.45) is 0 Å². The number of nitrogens with one attached hydrogen (secondary N) is 3. The maximum atomic E-state index is 13.3. The van der Waals surface area contributed by atoms with Crippen LogP contribution in [-0.4, -0.2) is 43.2 Å². The lowest BCUT2D eigenvalue weighted by Gasteiger charge is -2.25. The second kappa shape index (κ2) is 10.3. The van der Waals surface area contributed by atoms with Crippen LogP contribution in [0.1, 0.15) is 37.0 Å². The summed E-state index contributed by atoms with van der Waals surface area (Å²) in [4.78, 5) is 46.3. The number of rotatable bonds is 6. The second-order valence-electron chi connectivity index (χ2n) is 9.59. The quantitative estimate of drug-likeness (QED) is 0.239. The van der Waals surface area contributed by atoms with Gasteiger partial charge < -0.3 is 4.98 Å². The minimum atomic E-state index is -0.391. The maximum absolute atomic E-state index is 13.3. The van der Waals surface area contributed by atoms with E-state index in [4.69, 9.17) is 4.98 Å². The smallest absolute Gasteiger partial charge is 0.276 e. The predicted molar refractivity (Wildman–Crippen MR) is 158 cm³/mol. The molecule has 6 aromatic rings. The van der Waals surface area contributed by atoms with E-state index in [1.54, 1.807) is 35.7 Å². The lowest BCUT2D eigenvalue weighted by Crippen LogP contribution is -2.29. The minimum absolute atomic E-state index is 0.241. The third kappa shape index (κ3) is 4.86. The Morgan fingerprint density at radius 3 is 2.77 bits per heavy atom. The van der Waals surface area contributed by atoms with Crippen molar-refractivity contribution >= 4 is 67.4 Å². The molecule has 2 amide bonds. The van der Waals surface area contributed by atoms with E-state index in [0.29, 0.717) is 21.7 Å². The Balaban J connectivity index is 1.07. The fourth-order valence-electron chi connectivity index (χ4n) is 4.90. The highest BCUT2D eigenvalue weighted by molar-refractivity contribution is 7.15. The Hall–Kier alpha value is -4.45. The SMILES string of the molecule is O=C(Nc1nc2c(C(=O)Nc3nc4c(s3)CN(Cc3ccsc3)CC4)cccc2[nH]1)c1cc2ccccc2cn1. The van der Waals surface area contributed by atoms with E-state index in [2.05, 4.69) is 47.3 Å². The third-order valence-corrected chi connectivity index (χ3v) is 8.60. The summed E-state index contributed by atoms with van der Waals surface area (Å²) in [7, 11) is 0. The number of H-pyrrole nitrogens is 1. The molecule has 0 bridgehead atoms. The highest BCUT2D eigenvalue weighted by atomic mass is 32.1. The summed E-state index contributed by atoms with van der Waals surface area (Å²) in [5, 5.41) is 12.5. The van der Waals surface area contributed by atoms with Crippen molar-refractivity contribution in [1.82, 2.24) is 24.8 Å². The fourth-order valence-corrected chi connectivity index (χ4v) is 6.60. The van der Waals surface area contributed by atoms with Gasteiger partial charge in [-0.15, -0.1) is 11.3 Å². The zero-order valence-corrected chi connectivity index (χ0v) is 22.8. The summed E-state index contributed by atoms with van der Waals surface area (Å²) >= 11 is 3.23. The van der Waals surface area contributed by atoms with Gasteiger partial charge >= 0.3 is 0 Å². The number of fused-ring (bicyclic) bond motifs is 3. The molecule has 2 aromatic carbocycles. The molecule has 0 saturated heterocycles. The average Bonchev–Trinajstić information content (AvgIpc) is 3.72. The molecule has 3 N–H and O–H groups in total. The first-order valence-electron chi connectivity index (χ1n) is 12.8. The van der Waals surface area contributed by atoms with Crippen molar-refractivity contribution in [3.8, 4) is 0 Å². The molecular weight excluding hydrogens is 543 g/mol. The number of anilines is 2. The average molecular weight is 566 g/mol. The second-order valence-corrected chi connectivity index (χ2v) is 11.5. The topological polar surface area (TPSA) is 116 Å². The Bertz CT molecular complexity index is 1880. The van der Waals surface area contributed by atoms with Gasteiger partial charge in [0.15, 0.2) is 5.13 Å². The number of benzene rings is 2. The van der Waals surface area contributed by atoms with Crippen LogP contribution >= 0.6 is 22.7 Å². The summed E-state index contributed by atoms with van der Waals surface area (Å²) < 4.78 is 0. The van der Waals surface area contributed by atoms with Crippen molar-refractivity contribution in [1.29, 1.82) is 0 Å². The first-order chi connectivity index (χ1) is 19.6. The predicted octanol–water partition coefficient (Wildman–Crippen LogP) is 5.69. The number of hydrogen-bond donors (Lipinski definition) is 3. The van der Waals surface area contributed by atoms with Gasteiger partial charge in [-0.3, -0.25) is 30.1 Å². The van der Waals surface area contributed by atoms with Gasteiger partial charge in [-0.25, -0.2) is 9.97 Å². The molecule has 198 valence electrons. The number of thiophene rings is 1. The van der Waals surface area contributed by atoms with Crippen LogP contribution in [0.2, 0.25) is 0 Å². The Labute approximate surface area is 236 Å². The van der Waals surface area contributed by atoms with Crippen LogP contribution < -0.4 is 10.6 Å². The molecule has 9 nitrogen and oxygen atoms in total. The third-order valence-electron chi connectivity index (χ3n) is 6.87. The molecule has 7 rings (SSSR count). The molecule has 1 aliphatic heterocycles. The summed E-state index contributed by atoms with van der Waals surface area (Å²) in [6, 6.07) is 16.9. The van der Waals surface area contributed by atoms with Crippen LogP contribution in [0.25, 0.3) is 21.8 Å². The molecule has 5 heterocycles. The highest BCUT2D eigenvalue weighted by Crippen LogP contribution is 2.30. The lowest BCUT2D eigenvalue weighted by molar-refractivity contribution is 0.101.